The first kappa shape index (κ1) is 16.7. The minimum Gasteiger partial charge on any atom is -0.395 e. The highest BCUT2D eigenvalue weighted by Crippen LogP contribution is 1.38. The molecule has 0 radical (unpaired) electrons. The van der Waals surface area contributed by atoms with Crippen LogP contribution in [-0.4, -0.2) is 38.8 Å². The van der Waals surface area contributed by atoms with Crippen LogP contribution in [0.25, 0.3) is 0 Å². The van der Waals surface area contributed by atoms with Crippen molar-refractivity contribution in [3.8, 4) is 0 Å². The maximum atomic E-state index is 8.36. The summed E-state index contributed by atoms with van der Waals surface area (Å²) in [5.41, 5.74) is 4.78. The van der Waals surface area contributed by atoms with E-state index in [2.05, 4.69) is 0 Å². The molecular formula is C2H9N3O7. The van der Waals surface area contributed by atoms with Crippen molar-refractivity contribution in [2.75, 3.05) is 13.2 Å². The monoisotopic (exact) mass is 187 g/mol. The van der Waals surface area contributed by atoms with Gasteiger partial charge in [0.1, 0.15) is 0 Å². The highest BCUT2D eigenvalue weighted by molar-refractivity contribution is 4.17. The lowest BCUT2D eigenvalue weighted by Gasteiger charge is -1.71. The molecule has 0 aliphatic carbocycles. The van der Waals surface area contributed by atoms with Crippen LogP contribution in [0.15, 0.2) is 0 Å². The Morgan fingerprint density at radius 3 is 1.25 bits per heavy atom. The van der Waals surface area contributed by atoms with Gasteiger partial charge >= 0.3 is 0 Å². The van der Waals surface area contributed by atoms with Crippen LogP contribution >= 0.6 is 0 Å². The summed E-state index contributed by atoms with van der Waals surface area (Å²) in [6.45, 7) is 0.472. The van der Waals surface area contributed by atoms with E-state index in [0.717, 1.165) is 0 Å². The molecule has 5 N–H and O–H groups in total. The van der Waals surface area contributed by atoms with Gasteiger partial charge in [-0.3, -0.25) is 0 Å². The Morgan fingerprint density at radius 1 is 1.17 bits per heavy atom. The lowest BCUT2D eigenvalue weighted by Crippen LogP contribution is -2.02. The Bertz CT molecular complexity index is 93.2. The summed E-state index contributed by atoms with van der Waals surface area (Å²) in [6, 6.07) is 0. The first-order valence-corrected chi connectivity index (χ1v) is 2.35. The van der Waals surface area contributed by atoms with Gasteiger partial charge in [0.15, 0.2) is 0 Å². The summed E-state index contributed by atoms with van der Waals surface area (Å²) < 4.78 is 0. The maximum Gasteiger partial charge on any atom is 0.291 e. The average molecular weight is 187 g/mol. The van der Waals surface area contributed by atoms with Crippen molar-refractivity contribution in [1.29, 1.82) is 0 Å². The molecule has 0 saturated carbocycles. The molecule has 0 aromatic heterocycles. The van der Waals surface area contributed by atoms with Gasteiger partial charge in [0.2, 0.25) is 0 Å². The van der Waals surface area contributed by atoms with Gasteiger partial charge in [0.25, 0.3) is 10.2 Å². The summed E-state index contributed by atoms with van der Waals surface area (Å²) in [6.07, 6.45) is 0. The molecule has 12 heavy (non-hydrogen) atoms. The van der Waals surface area contributed by atoms with Crippen molar-refractivity contribution in [2.45, 2.75) is 0 Å². The van der Waals surface area contributed by atoms with E-state index < -0.39 is 10.2 Å². The van der Waals surface area contributed by atoms with E-state index in [4.69, 9.17) is 41.5 Å². The minimum atomic E-state index is -1.50. The number of hydrogen-bond donors (Lipinski definition) is 4. The molecule has 0 saturated heterocycles. The fourth-order valence-electron chi connectivity index (χ4n) is 0. The van der Waals surface area contributed by atoms with Gasteiger partial charge in [0, 0.05) is 6.54 Å². The topological polar surface area (TPSA) is 173 Å². The number of aliphatic hydroxyl groups excluding tert-OH is 1. The van der Waals surface area contributed by atoms with E-state index in [-0.39, 0.29) is 6.61 Å². The van der Waals surface area contributed by atoms with Crippen LogP contribution in [0.3, 0.4) is 0 Å². The van der Waals surface area contributed by atoms with Gasteiger partial charge in [-0.2, -0.15) is 0 Å². The van der Waals surface area contributed by atoms with Crippen LogP contribution in [0.5, 0.6) is 0 Å². The van der Waals surface area contributed by atoms with Gasteiger partial charge in [-0.25, -0.2) is 0 Å². The Balaban J connectivity index is -0.000000101. The van der Waals surface area contributed by atoms with E-state index >= 15 is 0 Å². The van der Waals surface area contributed by atoms with E-state index in [1.807, 2.05) is 0 Å². The van der Waals surface area contributed by atoms with Gasteiger partial charge in [-0.1, -0.05) is 0 Å². The Hall–Kier alpha value is -1.68. The van der Waals surface area contributed by atoms with Gasteiger partial charge < -0.3 is 21.3 Å². The SMILES string of the molecule is NCCO.O=[N+]([O-])O.O=[N+]([O-])O. The number of hydrogen-bond acceptors (Lipinski definition) is 6. The molecule has 0 aliphatic heterocycles. The molecule has 0 spiro atoms. The molecule has 0 unspecified atom stereocenters. The predicted octanol–water partition coefficient (Wildman–Crippen LogP) is -1.76. The molecule has 0 rings (SSSR count). The molecule has 10 heteroatoms. The highest BCUT2D eigenvalue weighted by Gasteiger charge is 1.65. The molecule has 0 fully saturated rings. The lowest BCUT2D eigenvalue weighted by atomic mass is 10.8. The highest BCUT2D eigenvalue weighted by atomic mass is 16.9. The molecule has 0 bridgehead atoms. The maximum absolute atomic E-state index is 8.36. The average Bonchev–Trinajstić information content (AvgIpc) is 1.85. The Labute approximate surface area is 66.1 Å². The van der Waals surface area contributed by atoms with Crippen molar-refractivity contribution >= 4 is 0 Å². The quantitative estimate of drug-likeness (QED) is 0.276. The smallest absolute Gasteiger partial charge is 0.291 e. The summed E-state index contributed by atoms with van der Waals surface area (Å²) in [5.74, 6) is 0. The van der Waals surface area contributed by atoms with Crippen LogP contribution in [0, 0.1) is 20.2 Å². The molecule has 0 aromatic rings. The largest absolute Gasteiger partial charge is 0.395 e. The third-order valence-corrected chi connectivity index (χ3v) is 0.129. The number of nitrogens with zero attached hydrogens (tertiary/aromatic N) is 2. The van der Waals surface area contributed by atoms with Gasteiger partial charge in [0.05, 0.1) is 6.61 Å². The minimum absolute atomic E-state index is 0.0972. The van der Waals surface area contributed by atoms with Crippen molar-refractivity contribution in [2.24, 2.45) is 5.73 Å². The van der Waals surface area contributed by atoms with Crippen LogP contribution in [-0.2, 0) is 0 Å². The van der Waals surface area contributed by atoms with Crippen LogP contribution in [0.4, 0.5) is 0 Å². The molecule has 74 valence electrons. The van der Waals surface area contributed by atoms with Gasteiger partial charge in [-0.15, -0.1) is 20.2 Å². The first-order chi connectivity index (χ1) is 5.38. The van der Waals surface area contributed by atoms with Crippen molar-refractivity contribution < 1.29 is 25.7 Å². The summed E-state index contributed by atoms with van der Waals surface area (Å²) in [5, 5.41) is 35.0. The fraction of sp³-hybridized carbons (Fsp3) is 1.00. The molecule has 0 amide bonds. The van der Waals surface area contributed by atoms with E-state index in [9.17, 15) is 0 Å². The summed E-state index contributed by atoms with van der Waals surface area (Å²) in [4.78, 5) is 16.7. The van der Waals surface area contributed by atoms with E-state index in [0.29, 0.717) is 6.54 Å². The van der Waals surface area contributed by atoms with Crippen LogP contribution in [0.1, 0.15) is 0 Å². The lowest BCUT2D eigenvalue weighted by molar-refractivity contribution is -0.742. The third-order valence-electron chi connectivity index (χ3n) is 0.129. The molecule has 0 aromatic carbocycles. The van der Waals surface area contributed by atoms with Crippen LogP contribution in [0.2, 0.25) is 0 Å². The van der Waals surface area contributed by atoms with Crippen molar-refractivity contribution in [3.63, 3.8) is 0 Å². The van der Waals surface area contributed by atoms with E-state index in [1.165, 1.54) is 0 Å². The third kappa shape index (κ3) is 964. The van der Waals surface area contributed by atoms with E-state index in [1.54, 1.807) is 0 Å². The van der Waals surface area contributed by atoms with Crippen molar-refractivity contribution in [3.05, 3.63) is 20.2 Å². The zero-order chi connectivity index (χ0) is 10.6. The second-order valence-corrected chi connectivity index (χ2v) is 0.988. The molecule has 0 aliphatic rings. The second-order valence-electron chi connectivity index (χ2n) is 0.988. The molecule has 0 atom stereocenters. The second kappa shape index (κ2) is 16.2. The molecule has 0 heterocycles. The Kier molecular flexibility index (Phi) is 22.5. The van der Waals surface area contributed by atoms with Gasteiger partial charge in [-0.05, 0) is 0 Å². The molecule has 10 nitrogen and oxygen atoms in total. The molecular weight excluding hydrogens is 178 g/mol. The first-order valence-electron chi connectivity index (χ1n) is 2.35. The zero-order valence-electron chi connectivity index (χ0n) is 5.86. The number of nitrogens with two attached hydrogens (primary N) is 1. The standard InChI is InChI=1S/C2H7NO.2HNO3/c3-1-2-4;2*2-1(3)4/h4H,1-3H2;2*(H,2,3,4). The number of rotatable bonds is 1. The Morgan fingerprint density at radius 2 is 1.25 bits per heavy atom. The van der Waals surface area contributed by atoms with Crippen LogP contribution < -0.4 is 5.73 Å². The fourth-order valence-corrected chi connectivity index (χ4v) is 0. The number of aliphatic hydroxyl groups is 1. The van der Waals surface area contributed by atoms with Crippen molar-refractivity contribution in [1.82, 2.24) is 0 Å². The summed E-state index contributed by atoms with van der Waals surface area (Å²) in [7, 11) is 0. The normalized spacial score (nSPS) is 6.50. The predicted molar refractivity (Wildman–Crippen MR) is 33.7 cm³/mol. The zero-order valence-corrected chi connectivity index (χ0v) is 5.86. The summed E-state index contributed by atoms with van der Waals surface area (Å²) >= 11 is 0.